The van der Waals surface area contributed by atoms with Crippen molar-refractivity contribution in [3.63, 3.8) is 0 Å². The lowest BCUT2D eigenvalue weighted by Crippen LogP contribution is -2.46. The van der Waals surface area contributed by atoms with Crippen LogP contribution in [0.4, 0.5) is 10.5 Å². The number of aliphatic hydroxyl groups is 1. The van der Waals surface area contributed by atoms with E-state index in [4.69, 9.17) is 5.11 Å². The van der Waals surface area contributed by atoms with E-state index < -0.39 is 6.61 Å². The zero-order valence-corrected chi connectivity index (χ0v) is 25.3. The average molecular weight is 594 g/mol. The maximum absolute atomic E-state index is 13.7. The number of allylic oxidation sites excluding steroid dienone is 5. The summed E-state index contributed by atoms with van der Waals surface area (Å²) >= 11 is 3.48. The summed E-state index contributed by atoms with van der Waals surface area (Å²) in [6.07, 6.45) is 12.1. The van der Waals surface area contributed by atoms with Crippen LogP contribution in [-0.2, 0) is 10.2 Å². The molecule has 1 aliphatic rings. The first-order valence-corrected chi connectivity index (χ1v) is 14.3. The number of amides is 2. The van der Waals surface area contributed by atoms with Crippen molar-refractivity contribution in [1.82, 2.24) is 5.32 Å². The van der Waals surface area contributed by atoms with Crippen LogP contribution in [0.15, 0.2) is 89.0 Å². The van der Waals surface area contributed by atoms with Gasteiger partial charge in [0.15, 0.2) is 5.78 Å². The van der Waals surface area contributed by atoms with Crippen LogP contribution in [0.1, 0.15) is 71.0 Å². The number of urea groups is 1. The Morgan fingerprint density at radius 3 is 2.36 bits per heavy atom. The normalized spacial score (nSPS) is 18.1. The van der Waals surface area contributed by atoms with Gasteiger partial charge >= 0.3 is 6.03 Å². The van der Waals surface area contributed by atoms with E-state index in [-0.39, 0.29) is 28.7 Å². The molecule has 2 aromatic carbocycles. The highest BCUT2D eigenvalue weighted by molar-refractivity contribution is 9.10. The third-order valence-electron chi connectivity index (χ3n) is 7.08. The number of Topliss-reactive ketones (excluding diaryl/α,β-unsaturated/α-hetero) is 1. The van der Waals surface area contributed by atoms with Crippen LogP contribution in [0.5, 0.6) is 0 Å². The Morgan fingerprint density at radius 2 is 1.79 bits per heavy atom. The first kappa shape index (κ1) is 30.6. The van der Waals surface area contributed by atoms with Crippen molar-refractivity contribution in [3.8, 4) is 0 Å². The summed E-state index contributed by atoms with van der Waals surface area (Å²) < 4.78 is 1.00. The molecule has 0 saturated carbocycles. The number of halogens is 1. The molecule has 2 atom stereocenters. The monoisotopic (exact) mass is 592 g/mol. The fraction of sp³-hybridized carbons (Fsp3) is 0.394. The van der Waals surface area contributed by atoms with Crippen LogP contribution in [0, 0.1) is 5.41 Å². The number of nitrogens with one attached hydrogen (secondary N) is 1. The van der Waals surface area contributed by atoms with Crippen molar-refractivity contribution < 1.29 is 14.7 Å². The minimum atomic E-state index is -0.403. The van der Waals surface area contributed by atoms with Crippen molar-refractivity contribution in [2.75, 3.05) is 18.1 Å². The molecular formula is C33H41BrN2O3. The Kier molecular flexibility index (Phi) is 10.5. The van der Waals surface area contributed by atoms with Crippen LogP contribution in [0.25, 0.3) is 0 Å². The Hall–Kier alpha value is -2.96. The van der Waals surface area contributed by atoms with Gasteiger partial charge in [-0.25, -0.2) is 4.79 Å². The van der Waals surface area contributed by atoms with Gasteiger partial charge in [-0.15, -0.1) is 0 Å². The first-order valence-electron chi connectivity index (χ1n) is 13.5. The fourth-order valence-corrected chi connectivity index (χ4v) is 4.71. The number of carbonyl (C=O) groups excluding carboxylic acids is 2. The fourth-order valence-electron chi connectivity index (χ4n) is 4.45. The van der Waals surface area contributed by atoms with Crippen molar-refractivity contribution >= 4 is 33.4 Å². The zero-order chi connectivity index (χ0) is 28.6. The van der Waals surface area contributed by atoms with E-state index in [1.54, 1.807) is 0 Å². The molecule has 2 aromatic rings. The molecule has 2 amide bonds. The summed E-state index contributed by atoms with van der Waals surface area (Å²) in [7, 11) is 0. The molecule has 3 rings (SSSR count). The van der Waals surface area contributed by atoms with Crippen LogP contribution < -0.4 is 10.2 Å². The number of nitrogens with zero attached hydrogens (tertiary/aromatic N) is 1. The second-order valence-electron chi connectivity index (χ2n) is 11.6. The van der Waals surface area contributed by atoms with E-state index in [0.29, 0.717) is 19.4 Å². The highest BCUT2D eigenvalue weighted by atomic mass is 79.9. The molecule has 39 heavy (non-hydrogen) atoms. The second kappa shape index (κ2) is 13.4. The summed E-state index contributed by atoms with van der Waals surface area (Å²) in [5, 5.41) is 12.1. The molecule has 1 aliphatic carbocycles. The average Bonchev–Trinajstić information content (AvgIpc) is 2.90. The Morgan fingerprint density at radius 1 is 1.13 bits per heavy atom. The van der Waals surface area contributed by atoms with Gasteiger partial charge in [0, 0.05) is 28.5 Å². The quantitative estimate of drug-likeness (QED) is 0.295. The van der Waals surface area contributed by atoms with Gasteiger partial charge in [0.05, 0.1) is 6.04 Å². The van der Waals surface area contributed by atoms with E-state index in [9.17, 15) is 9.59 Å². The SMILES string of the molecule is CC(NC(=O)N(CC1(C)C=CC(/C=C/CCC(=O)CO)=CC1)c1ccc(C(C)(C)C)cc1)c1ccc(Br)cc1. The maximum Gasteiger partial charge on any atom is 0.322 e. The summed E-state index contributed by atoms with van der Waals surface area (Å²) in [4.78, 5) is 26.9. The number of hydrogen-bond donors (Lipinski definition) is 2. The largest absolute Gasteiger partial charge is 0.389 e. The number of rotatable bonds is 10. The van der Waals surface area contributed by atoms with Gasteiger partial charge in [-0.2, -0.15) is 0 Å². The van der Waals surface area contributed by atoms with E-state index in [1.165, 1.54) is 5.56 Å². The first-order chi connectivity index (χ1) is 18.4. The summed E-state index contributed by atoms with van der Waals surface area (Å²) in [6.45, 7) is 10.8. The highest BCUT2D eigenvalue weighted by Crippen LogP contribution is 2.34. The van der Waals surface area contributed by atoms with Crippen LogP contribution >= 0.6 is 15.9 Å². The van der Waals surface area contributed by atoms with Crippen molar-refractivity contribution in [3.05, 3.63) is 100 Å². The molecule has 0 spiro atoms. The predicted molar refractivity (Wildman–Crippen MR) is 164 cm³/mol. The molecule has 0 aromatic heterocycles. The van der Waals surface area contributed by atoms with E-state index in [0.717, 1.165) is 27.7 Å². The number of carbonyl (C=O) groups is 2. The van der Waals surface area contributed by atoms with Crippen LogP contribution in [0.3, 0.4) is 0 Å². The zero-order valence-electron chi connectivity index (χ0n) is 23.7. The van der Waals surface area contributed by atoms with Gasteiger partial charge in [-0.1, -0.05) is 98.3 Å². The molecule has 5 nitrogen and oxygen atoms in total. The molecule has 0 fully saturated rings. The molecular weight excluding hydrogens is 552 g/mol. The Bertz CT molecular complexity index is 1220. The summed E-state index contributed by atoms with van der Waals surface area (Å²) in [5.74, 6) is -0.149. The predicted octanol–water partition coefficient (Wildman–Crippen LogP) is 7.81. The molecule has 0 radical (unpaired) electrons. The van der Waals surface area contributed by atoms with Crippen molar-refractivity contribution in [2.24, 2.45) is 5.41 Å². The smallest absolute Gasteiger partial charge is 0.322 e. The second-order valence-corrected chi connectivity index (χ2v) is 12.6. The lowest BCUT2D eigenvalue weighted by Gasteiger charge is -2.35. The van der Waals surface area contributed by atoms with Gasteiger partial charge in [-0.05, 0) is 66.1 Å². The lowest BCUT2D eigenvalue weighted by molar-refractivity contribution is -0.121. The van der Waals surface area contributed by atoms with Crippen molar-refractivity contribution in [2.45, 2.75) is 65.3 Å². The number of hydrogen-bond acceptors (Lipinski definition) is 3. The number of ketones is 1. The third-order valence-corrected chi connectivity index (χ3v) is 7.61. The molecule has 2 unspecified atom stereocenters. The Labute approximate surface area is 241 Å². The maximum atomic E-state index is 13.7. The number of anilines is 1. The van der Waals surface area contributed by atoms with E-state index in [2.05, 4.69) is 79.3 Å². The molecule has 6 heteroatoms. The standard InChI is InChI=1S/C33H41BrN2O3/c1-24(26-10-14-28(34)15-11-26)35-31(39)36(29-16-12-27(13-17-29)32(2,3)4)23-33(5)20-18-25(19-21-33)8-6-7-9-30(38)22-37/h6,8,10-20,24,37H,7,9,21-23H2,1-5H3,(H,35,39)/b8-6+. The molecule has 0 saturated heterocycles. The van der Waals surface area contributed by atoms with Crippen LogP contribution in [-0.4, -0.2) is 30.1 Å². The third kappa shape index (κ3) is 9.04. The van der Waals surface area contributed by atoms with Gasteiger partial charge < -0.3 is 10.4 Å². The molecule has 0 aliphatic heterocycles. The van der Waals surface area contributed by atoms with Gasteiger partial charge in [0.25, 0.3) is 0 Å². The van der Waals surface area contributed by atoms with E-state index in [1.807, 2.05) is 60.4 Å². The van der Waals surface area contributed by atoms with E-state index >= 15 is 0 Å². The molecule has 2 N–H and O–H groups in total. The lowest BCUT2D eigenvalue weighted by atomic mass is 9.81. The minimum absolute atomic E-state index is 0.0277. The topological polar surface area (TPSA) is 69.6 Å². The number of benzene rings is 2. The van der Waals surface area contributed by atoms with Gasteiger partial charge in [-0.3, -0.25) is 9.69 Å². The molecule has 0 bridgehead atoms. The Balaban J connectivity index is 1.77. The van der Waals surface area contributed by atoms with Gasteiger partial charge in [0.2, 0.25) is 0 Å². The van der Waals surface area contributed by atoms with Crippen molar-refractivity contribution in [1.29, 1.82) is 0 Å². The highest BCUT2D eigenvalue weighted by Gasteiger charge is 2.30. The van der Waals surface area contributed by atoms with Gasteiger partial charge in [0.1, 0.15) is 6.61 Å². The summed E-state index contributed by atoms with van der Waals surface area (Å²) in [5.41, 5.74) is 3.99. The minimum Gasteiger partial charge on any atom is -0.389 e. The van der Waals surface area contributed by atoms with Crippen LogP contribution in [0.2, 0.25) is 0 Å². The number of aliphatic hydroxyl groups excluding tert-OH is 1. The summed E-state index contributed by atoms with van der Waals surface area (Å²) in [6, 6.07) is 16.0. The molecule has 208 valence electrons. The molecule has 0 heterocycles.